The van der Waals surface area contributed by atoms with E-state index in [0.29, 0.717) is 6.54 Å². The van der Waals surface area contributed by atoms with Crippen LogP contribution >= 0.6 is 15.9 Å². The van der Waals surface area contributed by atoms with Gasteiger partial charge in [0.2, 0.25) is 0 Å². The van der Waals surface area contributed by atoms with Gasteiger partial charge in [-0.2, -0.15) is 0 Å². The lowest BCUT2D eigenvalue weighted by atomic mass is 9.99. The number of hydrogen-bond donors (Lipinski definition) is 1. The van der Waals surface area contributed by atoms with E-state index in [1.165, 1.54) is 18.2 Å². The minimum absolute atomic E-state index is 0.0958. The maximum absolute atomic E-state index is 13.8. The van der Waals surface area contributed by atoms with Crippen LogP contribution in [0, 0.1) is 11.6 Å². The van der Waals surface area contributed by atoms with Crippen molar-refractivity contribution in [1.82, 2.24) is 10.3 Å². The molecule has 20 heavy (non-hydrogen) atoms. The van der Waals surface area contributed by atoms with E-state index in [-0.39, 0.29) is 18.0 Å². The van der Waals surface area contributed by atoms with Crippen molar-refractivity contribution in [2.75, 3.05) is 6.54 Å². The smallest absolute Gasteiger partial charge is 0.129 e. The molecule has 0 saturated heterocycles. The first-order valence-corrected chi connectivity index (χ1v) is 7.17. The first-order chi connectivity index (χ1) is 9.61. The monoisotopic (exact) mass is 340 g/mol. The van der Waals surface area contributed by atoms with Crippen molar-refractivity contribution in [2.45, 2.75) is 19.4 Å². The van der Waals surface area contributed by atoms with E-state index in [9.17, 15) is 8.78 Å². The van der Waals surface area contributed by atoms with Crippen LogP contribution in [-0.4, -0.2) is 11.5 Å². The van der Waals surface area contributed by atoms with Crippen LogP contribution < -0.4 is 5.32 Å². The summed E-state index contributed by atoms with van der Waals surface area (Å²) in [6.45, 7) is 2.66. The summed E-state index contributed by atoms with van der Waals surface area (Å²) in [5, 5.41) is 3.23. The summed E-state index contributed by atoms with van der Waals surface area (Å²) >= 11 is 3.36. The van der Waals surface area contributed by atoms with E-state index >= 15 is 0 Å². The summed E-state index contributed by atoms with van der Waals surface area (Å²) in [6, 6.07) is 5.65. The fourth-order valence-electron chi connectivity index (χ4n) is 2.10. The number of likely N-dealkylation sites (N-methyl/N-ethyl adjacent to an activating group) is 1. The Balaban J connectivity index is 2.30. The molecule has 0 aliphatic carbocycles. The van der Waals surface area contributed by atoms with Gasteiger partial charge in [0.1, 0.15) is 11.6 Å². The molecule has 1 atom stereocenters. The molecule has 2 rings (SSSR count). The Hall–Kier alpha value is -1.33. The third-order valence-corrected chi connectivity index (χ3v) is 3.48. The van der Waals surface area contributed by atoms with Crippen LogP contribution in [0.3, 0.4) is 0 Å². The molecule has 0 aliphatic heterocycles. The number of halogens is 3. The Bertz CT molecular complexity index is 570. The molecule has 0 amide bonds. The van der Waals surface area contributed by atoms with Crippen molar-refractivity contribution < 1.29 is 8.78 Å². The van der Waals surface area contributed by atoms with Gasteiger partial charge in [-0.15, -0.1) is 0 Å². The second kappa shape index (κ2) is 6.90. The van der Waals surface area contributed by atoms with Crippen molar-refractivity contribution in [3.05, 3.63) is 63.9 Å². The van der Waals surface area contributed by atoms with Crippen molar-refractivity contribution in [3.63, 3.8) is 0 Å². The standard InChI is InChI=1S/C15H15BrF2N2/c1-2-20-15(10-6-11(16)9-19-8-10)7-12-13(17)4-3-5-14(12)18/h3-6,8-9,15,20H,2,7H2,1H3. The second-order valence-corrected chi connectivity index (χ2v) is 5.37. The fraction of sp³-hybridized carbons (Fsp3) is 0.267. The minimum atomic E-state index is -0.518. The molecule has 1 aromatic carbocycles. The zero-order valence-corrected chi connectivity index (χ0v) is 12.6. The molecule has 1 N–H and O–H groups in total. The normalized spacial score (nSPS) is 12.4. The average molecular weight is 341 g/mol. The first-order valence-electron chi connectivity index (χ1n) is 6.38. The van der Waals surface area contributed by atoms with E-state index in [1.54, 1.807) is 12.4 Å². The number of rotatable bonds is 5. The number of nitrogens with zero attached hydrogens (tertiary/aromatic N) is 1. The highest BCUT2D eigenvalue weighted by Gasteiger charge is 2.17. The fourth-order valence-corrected chi connectivity index (χ4v) is 2.49. The van der Waals surface area contributed by atoms with Crippen LogP contribution in [0.5, 0.6) is 0 Å². The number of pyridine rings is 1. The van der Waals surface area contributed by atoms with Crippen LogP contribution in [0.2, 0.25) is 0 Å². The molecule has 1 aromatic heterocycles. The molecular weight excluding hydrogens is 326 g/mol. The topological polar surface area (TPSA) is 24.9 Å². The van der Waals surface area contributed by atoms with Crippen molar-refractivity contribution in [3.8, 4) is 0 Å². The zero-order valence-electron chi connectivity index (χ0n) is 11.0. The van der Waals surface area contributed by atoms with Gasteiger partial charge in [0.15, 0.2) is 0 Å². The molecule has 2 aromatic rings. The Morgan fingerprint density at radius 1 is 1.25 bits per heavy atom. The van der Waals surface area contributed by atoms with Crippen molar-refractivity contribution in [2.24, 2.45) is 0 Å². The lowest BCUT2D eigenvalue weighted by Crippen LogP contribution is -2.24. The Morgan fingerprint density at radius 2 is 1.95 bits per heavy atom. The predicted octanol–water partition coefficient (Wildman–Crippen LogP) is 4.02. The Kier molecular flexibility index (Phi) is 5.20. The summed E-state index contributed by atoms with van der Waals surface area (Å²) in [5.74, 6) is -1.04. The van der Waals surface area contributed by atoms with E-state index in [0.717, 1.165) is 10.0 Å². The van der Waals surface area contributed by atoms with Gasteiger partial charge in [-0.3, -0.25) is 4.98 Å². The van der Waals surface area contributed by atoms with E-state index in [2.05, 4.69) is 26.2 Å². The molecule has 1 unspecified atom stereocenters. The van der Waals surface area contributed by atoms with E-state index in [4.69, 9.17) is 0 Å². The van der Waals surface area contributed by atoms with Crippen molar-refractivity contribution in [1.29, 1.82) is 0 Å². The molecule has 0 fully saturated rings. The average Bonchev–Trinajstić information content (AvgIpc) is 2.42. The van der Waals surface area contributed by atoms with Crippen LogP contribution in [0.15, 0.2) is 41.1 Å². The maximum atomic E-state index is 13.8. The van der Waals surface area contributed by atoms with Crippen molar-refractivity contribution >= 4 is 15.9 Å². The Morgan fingerprint density at radius 3 is 2.55 bits per heavy atom. The summed E-state index contributed by atoms with van der Waals surface area (Å²) in [6.07, 6.45) is 3.62. The summed E-state index contributed by atoms with van der Waals surface area (Å²) in [4.78, 5) is 4.10. The number of hydrogen-bond acceptors (Lipinski definition) is 2. The molecule has 106 valence electrons. The van der Waals surface area contributed by atoms with Crippen LogP contribution in [-0.2, 0) is 6.42 Å². The quantitative estimate of drug-likeness (QED) is 0.889. The molecule has 0 spiro atoms. The van der Waals surface area contributed by atoms with E-state index < -0.39 is 11.6 Å². The van der Waals surface area contributed by atoms with Gasteiger partial charge >= 0.3 is 0 Å². The molecule has 2 nitrogen and oxygen atoms in total. The minimum Gasteiger partial charge on any atom is -0.310 e. The first kappa shape index (κ1) is 15.1. The van der Waals surface area contributed by atoms with Gasteiger partial charge in [-0.25, -0.2) is 8.78 Å². The molecule has 0 bridgehead atoms. The zero-order chi connectivity index (χ0) is 14.5. The lowest BCUT2D eigenvalue weighted by Gasteiger charge is -2.19. The van der Waals surface area contributed by atoms with Gasteiger partial charge in [0.25, 0.3) is 0 Å². The highest BCUT2D eigenvalue weighted by Crippen LogP contribution is 2.23. The molecule has 0 radical (unpaired) electrons. The molecular formula is C15H15BrF2N2. The van der Waals surface area contributed by atoms with Crippen LogP contribution in [0.25, 0.3) is 0 Å². The summed E-state index contributed by atoms with van der Waals surface area (Å²) in [5.41, 5.74) is 0.988. The molecule has 1 heterocycles. The lowest BCUT2D eigenvalue weighted by molar-refractivity contribution is 0.498. The summed E-state index contributed by atoms with van der Waals surface area (Å²) in [7, 11) is 0. The van der Waals surface area contributed by atoms with Gasteiger partial charge in [0.05, 0.1) is 0 Å². The number of nitrogens with one attached hydrogen (secondary N) is 1. The second-order valence-electron chi connectivity index (χ2n) is 4.45. The van der Waals surface area contributed by atoms with Crippen LogP contribution in [0.1, 0.15) is 24.1 Å². The highest BCUT2D eigenvalue weighted by atomic mass is 79.9. The summed E-state index contributed by atoms with van der Waals surface area (Å²) < 4.78 is 28.3. The predicted molar refractivity (Wildman–Crippen MR) is 78.4 cm³/mol. The van der Waals surface area contributed by atoms with E-state index in [1.807, 2.05) is 13.0 Å². The van der Waals surface area contributed by atoms with Gasteiger partial charge in [-0.05, 0) is 52.7 Å². The van der Waals surface area contributed by atoms with Gasteiger partial charge in [-0.1, -0.05) is 13.0 Å². The highest BCUT2D eigenvalue weighted by molar-refractivity contribution is 9.10. The number of aromatic nitrogens is 1. The van der Waals surface area contributed by atoms with Gasteiger partial charge in [0, 0.05) is 28.5 Å². The van der Waals surface area contributed by atoms with Crippen LogP contribution in [0.4, 0.5) is 8.78 Å². The molecule has 0 aliphatic rings. The Labute approximate surface area is 125 Å². The third kappa shape index (κ3) is 3.61. The molecule has 0 saturated carbocycles. The largest absolute Gasteiger partial charge is 0.310 e. The number of benzene rings is 1. The third-order valence-electron chi connectivity index (χ3n) is 3.05. The van der Waals surface area contributed by atoms with Gasteiger partial charge < -0.3 is 5.32 Å². The SMILES string of the molecule is CCNC(Cc1c(F)cccc1F)c1cncc(Br)c1. The molecule has 5 heteroatoms. The maximum Gasteiger partial charge on any atom is 0.129 e.